The molecule has 2 heterocycles. The van der Waals surface area contributed by atoms with E-state index in [-0.39, 0.29) is 11.3 Å². The molecular weight excluding hydrogens is 266 g/mol. The maximum Gasteiger partial charge on any atom is 0.271 e. The second-order valence-corrected chi connectivity index (χ2v) is 6.46. The van der Waals surface area contributed by atoms with Crippen molar-refractivity contribution in [2.75, 3.05) is 32.4 Å². The Balaban J connectivity index is 2.02. The van der Waals surface area contributed by atoms with Crippen LogP contribution in [-0.2, 0) is 6.54 Å². The highest BCUT2D eigenvalue weighted by molar-refractivity contribution is 5.98. The fraction of sp³-hybridized carbons (Fsp3) is 0.733. The number of nitrogens with one attached hydrogen (secondary N) is 1. The highest BCUT2D eigenvalue weighted by atomic mass is 16.2. The smallest absolute Gasteiger partial charge is 0.271 e. The van der Waals surface area contributed by atoms with Crippen LogP contribution in [0, 0.1) is 12.3 Å². The minimum atomic E-state index is -0.116. The van der Waals surface area contributed by atoms with Crippen molar-refractivity contribution in [1.82, 2.24) is 20.0 Å². The van der Waals surface area contributed by atoms with Crippen LogP contribution >= 0.6 is 0 Å². The van der Waals surface area contributed by atoms with Crippen molar-refractivity contribution < 1.29 is 4.79 Å². The van der Waals surface area contributed by atoms with E-state index in [2.05, 4.69) is 29.3 Å². The number of nitrogen functional groups attached to an aromatic ring is 1. The van der Waals surface area contributed by atoms with Crippen LogP contribution in [0.2, 0.25) is 0 Å². The van der Waals surface area contributed by atoms with E-state index in [1.165, 1.54) is 0 Å². The number of carbonyl (C=O) groups excluding carboxylic acids is 1. The van der Waals surface area contributed by atoms with Gasteiger partial charge in [-0.05, 0) is 52.2 Å². The van der Waals surface area contributed by atoms with Crippen molar-refractivity contribution in [3.63, 3.8) is 0 Å². The minimum Gasteiger partial charge on any atom is -0.395 e. The Bertz CT molecular complexity index is 514. The zero-order valence-corrected chi connectivity index (χ0v) is 13.6. The third kappa shape index (κ3) is 3.37. The number of nitrogens with two attached hydrogens (primary N) is 1. The van der Waals surface area contributed by atoms with Crippen LogP contribution < -0.4 is 11.1 Å². The monoisotopic (exact) mass is 293 g/mol. The lowest BCUT2D eigenvalue weighted by Crippen LogP contribution is -2.43. The molecule has 1 aliphatic heterocycles. The fourth-order valence-electron chi connectivity index (χ4n) is 2.78. The fourth-order valence-corrected chi connectivity index (χ4v) is 2.78. The van der Waals surface area contributed by atoms with Crippen LogP contribution in [0.3, 0.4) is 0 Å². The maximum atomic E-state index is 12.4. The van der Waals surface area contributed by atoms with Gasteiger partial charge in [0.1, 0.15) is 5.69 Å². The Kier molecular flexibility index (Phi) is 4.56. The maximum absolute atomic E-state index is 12.4. The van der Waals surface area contributed by atoms with Gasteiger partial charge in [0.25, 0.3) is 5.91 Å². The molecule has 6 heteroatoms. The normalized spacial score (nSPS) is 18.7. The Labute approximate surface area is 126 Å². The number of aryl methyl sites for hydroxylation is 2. The first kappa shape index (κ1) is 15.8. The molecule has 21 heavy (non-hydrogen) atoms. The van der Waals surface area contributed by atoms with Crippen LogP contribution in [0.25, 0.3) is 0 Å². The molecule has 0 aromatic carbocycles. The zero-order chi connectivity index (χ0) is 15.6. The minimum absolute atomic E-state index is 0.116. The topological polar surface area (TPSA) is 76.2 Å². The average Bonchev–Trinajstić information content (AvgIpc) is 2.75. The predicted molar refractivity (Wildman–Crippen MR) is 84.2 cm³/mol. The molecule has 1 saturated heterocycles. The van der Waals surface area contributed by atoms with Gasteiger partial charge >= 0.3 is 0 Å². The summed E-state index contributed by atoms with van der Waals surface area (Å²) in [6.45, 7) is 9.53. The van der Waals surface area contributed by atoms with E-state index in [9.17, 15) is 4.79 Å². The number of anilines is 1. The highest BCUT2D eigenvalue weighted by Gasteiger charge is 2.30. The van der Waals surface area contributed by atoms with E-state index in [4.69, 9.17) is 5.73 Å². The molecule has 6 nitrogen and oxygen atoms in total. The summed E-state index contributed by atoms with van der Waals surface area (Å²) in [4.78, 5) is 14.8. The molecule has 0 spiro atoms. The molecule has 0 unspecified atom stereocenters. The summed E-state index contributed by atoms with van der Waals surface area (Å²) in [5, 5.41) is 7.35. The number of carbonyl (C=O) groups is 1. The lowest BCUT2D eigenvalue weighted by molar-refractivity contribution is 0.0882. The summed E-state index contributed by atoms with van der Waals surface area (Å²) in [7, 11) is 2.14. The molecule has 0 radical (unpaired) electrons. The molecule has 1 amide bonds. The first-order valence-electron chi connectivity index (χ1n) is 7.66. The predicted octanol–water partition coefficient (Wildman–Crippen LogP) is 1.26. The van der Waals surface area contributed by atoms with Crippen LogP contribution in [0.1, 0.15) is 42.9 Å². The number of amides is 1. The van der Waals surface area contributed by atoms with E-state index < -0.39 is 0 Å². The van der Waals surface area contributed by atoms with E-state index in [0.29, 0.717) is 30.2 Å². The van der Waals surface area contributed by atoms with Crippen molar-refractivity contribution >= 4 is 11.6 Å². The molecule has 0 atom stereocenters. The Morgan fingerprint density at radius 2 is 2.05 bits per heavy atom. The average molecular weight is 293 g/mol. The van der Waals surface area contributed by atoms with Crippen molar-refractivity contribution in [3.8, 4) is 0 Å². The molecule has 1 aromatic heterocycles. The summed E-state index contributed by atoms with van der Waals surface area (Å²) in [6.07, 6.45) is 2.21. The largest absolute Gasteiger partial charge is 0.395 e. The molecule has 0 aliphatic carbocycles. The van der Waals surface area contributed by atoms with Crippen molar-refractivity contribution in [2.45, 2.75) is 40.2 Å². The van der Waals surface area contributed by atoms with Gasteiger partial charge in [-0.25, -0.2) is 0 Å². The van der Waals surface area contributed by atoms with Crippen LogP contribution in [0.4, 0.5) is 5.69 Å². The molecule has 118 valence electrons. The molecule has 0 saturated carbocycles. The number of aromatic nitrogens is 2. The molecule has 3 N–H and O–H groups in total. The second-order valence-electron chi connectivity index (χ2n) is 6.46. The number of hydrogen-bond acceptors (Lipinski definition) is 4. The van der Waals surface area contributed by atoms with Gasteiger partial charge in [-0.2, -0.15) is 5.10 Å². The number of rotatable bonds is 4. The Hall–Kier alpha value is -1.56. The quantitative estimate of drug-likeness (QED) is 0.876. The van der Waals surface area contributed by atoms with Gasteiger partial charge in [-0.1, -0.05) is 6.92 Å². The van der Waals surface area contributed by atoms with Gasteiger partial charge in [-0.3, -0.25) is 9.48 Å². The van der Waals surface area contributed by atoms with Crippen molar-refractivity contribution in [2.24, 2.45) is 5.41 Å². The second kappa shape index (κ2) is 6.05. The van der Waals surface area contributed by atoms with Gasteiger partial charge < -0.3 is 16.0 Å². The zero-order valence-electron chi connectivity index (χ0n) is 13.6. The van der Waals surface area contributed by atoms with Gasteiger partial charge in [0.15, 0.2) is 0 Å². The number of likely N-dealkylation sites (tertiary alicyclic amines) is 1. The standard InChI is InChI=1S/C15H27N5O/c1-5-20-13(12(16)11(2)18-20)14(21)17-10-15(3)6-8-19(4)9-7-15/h5-10,16H2,1-4H3,(H,17,21). The summed E-state index contributed by atoms with van der Waals surface area (Å²) >= 11 is 0. The van der Waals surface area contributed by atoms with Crippen molar-refractivity contribution in [3.05, 3.63) is 11.4 Å². The van der Waals surface area contributed by atoms with E-state index in [0.717, 1.165) is 25.9 Å². The molecule has 1 fully saturated rings. The highest BCUT2D eigenvalue weighted by Crippen LogP contribution is 2.29. The van der Waals surface area contributed by atoms with Gasteiger partial charge in [0, 0.05) is 13.1 Å². The lowest BCUT2D eigenvalue weighted by atomic mass is 9.80. The SMILES string of the molecule is CCn1nc(C)c(N)c1C(=O)NCC1(C)CCN(C)CC1. The van der Waals surface area contributed by atoms with Gasteiger partial charge in [0.2, 0.25) is 0 Å². The molecule has 2 rings (SSSR count). The third-order valence-corrected chi connectivity index (χ3v) is 4.56. The number of nitrogens with zero attached hydrogens (tertiary/aromatic N) is 3. The summed E-state index contributed by atoms with van der Waals surface area (Å²) in [5.41, 5.74) is 7.85. The Morgan fingerprint density at radius 1 is 1.43 bits per heavy atom. The molecule has 0 bridgehead atoms. The summed E-state index contributed by atoms with van der Waals surface area (Å²) < 4.78 is 1.68. The van der Waals surface area contributed by atoms with Crippen LogP contribution in [0.15, 0.2) is 0 Å². The van der Waals surface area contributed by atoms with Gasteiger partial charge in [-0.15, -0.1) is 0 Å². The van der Waals surface area contributed by atoms with Crippen LogP contribution in [-0.4, -0.2) is 47.3 Å². The first-order valence-corrected chi connectivity index (χ1v) is 7.66. The van der Waals surface area contributed by atoms with Crippen molar-refractivity contribution in [1.29, 1.82) is 0 Å². The number of hydrogen-bond donors (Lipinski definition) is 2. The van der Waals surface area contributed by atoms with E-state index >= 15 is 0 Å². The Morgan fingerprint density at radius 3 is 2.62 bits per heavy atom. The summed E-state index contributed by atoms with van der Waals surface area (Å²) in [5.74, 6) is -0.116. The van der Waals surface area contributed by atoms with Crippen LogP contribution in [0.5, 0.6) is 0 Å². The first-order chi connectivity index (χ1) is 9.86. The van der Waals surface area contributed by atoms with Gasteiger partial charge in [0.05, 0.1) is 11.4 Å². The third-order valence-electron chi connectivity index (χ3n) is 4.56. The molecule has 1 aliphatic rings. The van der Waals surface area contributed by atoms with E-state index in [1.807, 2.05) is 13.8 Å². The summed E-state index contributed by atoms with van der Waals surface area (Å²) in [6, 6.07) is 0. The molecular formula is C15H27N5O. The van der Waals surface area contributed by atoms with E-state index in [1.54, 1.807) is 4.68 Å². The number of piperidine rings is 1. The molecule has 1 aromatic rings. The lowest BCUT2D eigenvalue weighted by Gasteiger charge is -2.37.